The van der Waals surface area contributed by atoms with Gasteiger partial charge in [-0.25, -0.2) is 0 Å². The molecule has 0 radical (unpaired) electrons. The molecule has 1 aromatic rings. The predicted molar refractivity (Wildman–Crippen MR) is 66.9 cm³/mol. The van der Waals surface area contributed by atoms with Crippen LogP contribution in [0.25, 0.3) is 0 Å². The minimum atomic E-state index is -0.847. The van der Waals surface area contributed by atoms with Gasteiger partial charge in [-0.1, -0.05) is 0 Å². The topological polar surface area (TPSA) is 52.9 Å². The zero-order chi connectivity index (χ0) is 11.6. The molecule has 1 rings (SSSR count). The first kappa shape index (κ1) is 12.7. The second-order valence-corrected chi connectivity index (χ2v) is 6.65. The first-order chi connectivity index (χ1) is 6.85. The number of rotatable bonds is 2. The molecule has 1 heterocycles. The van der Waals surface area contributed by atoms with Gasteiger partial charge in [-0.2, -0.15) is 5.26 Å². The van der Waals surface area contributed by atoms with Gasteiger partial charge >= 0.3 is 0 Å². The molecule has 0 aliphatic carbocycles. The zero-order valence-electron chi connectivity index (χ0n) is 8.10. The average molecular weight is 352 g/mol. The number of halogens is 2. The molecule has 1 aromatic heterocycles. The van der Waals surface area contributed by atoms with Gasteiger partial charge in [0.05, 0.1) is 14.7 Å². The zero-order valence-corrected chi connectivity index (χ0v) is 12.1. The standard InChI is InChI=1S/C9H8Br2N2OS/c1-9(2,4-12)13-8(14)6-3-5(10)7(11)15-6/h3H,1-2H3,(H,13,14). The molecule has 0 unspecified atom stereocenters. The van der Waals surface area contributed by atoms with E-state index < -0.39 is 5.54 Å². The van der Waals surface area contributed by atoms with E-state index in [0.717, 1.165) is 8.26 Å². The monoisotopic (exact) mass is 350 g/mol. The highest BCUT2D eigenvalue weighted by Crippen LogP contribution is 2.32. The van der Waals surface area contributed by atoms with Gasteiger partial charge in [-0.15, -0.1) is 11.3 Å². The number of carbonyl (C=O) groups is 1. The average Bonchev–Trinajstić information content (AvgIpc) is 2.47. The second-order valence-electron chi connectivity index (χ2n) is 3.42. The van der Waals surface area contributed by atoms with Crippen molar-refractivity contribution < 1.29 is 4.79 Å². The van der Waals surface area contributed by atoms with Crippen molar-refractivity contribution in [2.75, 3.05) is 0 Å². The molecule has 0 aliphatic heterocycles. The summed E-state index contributed by atoms with van der Waals surface area (Å²) < 4.78 is 1.70. The Kier molecular flexibility index (Phi) is 3.93. The molecule has 1 N–H and O–H groups in total. The summed E-state index contributed by atoms with van der Waals surface area (Å²) in [6, 6.07) is 3.73. The lowest BCUT2D eigenvalue weighted by molar-refractivity contribution is 0.0933. The molecule has 0 aliphatic rings. The summed E-state index contributed by atoms with van der Waals surface area (Å²) in [5, 5.41) is 11.4. The number of thiophene rings is 1. The van der Waals surface area contributed by atoms with Crippen LogP contribution >= 0.6 is 43.2 Å². The van der Waals surface area contributed by atoms with Crippen molar-refractivity contribution in [3.05, 3.63) is 19.2 Å². The second kappa shape index (κ2) is 4.64. The molecular formula is C9H8Br2N2OS. The number of nitriles is 1. The smallest absolute Gasteiger partial charge is 0.262 e. The molecule has 80 valence electrons. The molecule has 0 saturated carbocycles. The number of nitrogens with one attached hydrogen (secondary N) is 1. The van der Waals surface area contributed by atoms with E-state index in [9.17, 15) is 4.79 Å². The summed E-state index contributed by atoms with van der Waals surface area (Å²) in [5.41, 5.74) is -0.847. The van der Waals surface area contributed by atoms with E-state index in [1.807, 2.05) is 6.07 Å². The van der Waals surface area contributed by atoms with Crippen molar-refractivity contribution >= 4 is 49.1 Å². The van der Waals surface area contributed by atoms with Crippen molar-refractivity contribution in [3.63, 3.8) is 0 Å². The summed E-state index contributed by atoms with van der Waals surface area (Å²) >= 11 is 7.93. The molecular weight excluding hydrogens is 344 g/mol. The third-order valence-corrected chi connectivity index (χ3v) is 4.83. The van der Waals surface area contributed by atoms with Gasteiger partial charge < -0.3 is 5.32 Å². The summed E-state index contributed by atoms with van der Waals surface area (Å²) in [7, 11) is 0. The molecule has 0 fully saturated rings. The number of hydrogen-bond donors (Lipinski definition) is 1. The largest absolute Gasteiger partial charge is 0.334 e. The van der Waals surface area contributed by atoms with E-state index in [4.69, 9.17) is 5.26 Å². The van der Waals surface area contributed by atoms with Gasteiger partial charge in [0.25, 0.3) is 5.91 Å². The molecule has 0 aromatic carbocycles. The Bertz CT molecular complexity index is 414. The van der Waals surface area contributed by atoms with Crippen LogP contribution in [0, 0.1) is 11.3 Å². The van der Waals surface area contributed by atoms with Gasteiger partial charge in [-0.3, -0.25) is 4.79 Å². The van der Waals surface area contributed by atoms with Gasteiger partial charge in [0.15, 0.2) is 0 Å². The number of carbonyl (C=O) groups excluding carboxylic acids is 1. The molecule has 15 heavy (non-hydrogen) atoms. The summed E-state index contributed by atoms with van der Waals surface area (Å²) in [5.74, 6) is -0.238. The highest BCUT2D eigenvalue weighted by molar-refractivity contribution is 9.13. The van der Waals surface area contributed by atoms with Crippen molar-refractivity contribution in [1.82, 2.24) is 5.32 Å². The Morgan fingerprint density at radius 1 is 1.60 bits per heavy atom. The van der Waals surface area contributed by atoms with Crippen LogP contribution in [0.1, 0.15) is 23.5 Å². The molecule has 1 amide bonds. The van der Waals surface area contributed by atoms with Crippen molar-refractivity contribution in [3.8, 4) is 6.07 Å². The Morgan fingerprint density at radius 2 is 2.20 bits per heavy atom. The SMILES string of the molecule is CC(C)(C#N)NC(=O)c1cc(Br)c(Br)s1. The van der Waals surface area contributed by atoms with Gasteiger partial charge in [0.2, 0.25) is 0 Å². The first-order valence-corrected chi connectivity index (χ1v) is 6.44. The van der Waals surface area contributed by atoms with Crippen LogP contribution in [-0.2, 0) is 0 Å². The van der Waals surface area contributed by atoms with Crippen LogP contribution in [0.4, 0.5) is 0 Å². The number of amides is 1. The minimum absolute atomic E-state index is 0.238. The maximum Gasteiger partial charge on any atom is 0.262 e. The van der Waals surface area contributed by atoms with E-state index in [1.165, 1.54) is 11.3 Å². The number of hydrogen-bond acceptors (Lipinski definition) is 3. The van der Waals surface area contributed by atoms with E-state index in [-0.39, 0.29) is 5.91 Å². The normalized spacial score (nSPS) is 10.9. The predicted octanol–water partition coefficient (Wildman–Crippen LogP) is 3.31. The Morgan fingerprint density at radius 3 is 2.60 bits per heavy atom. The summed E-state index contributed by atoms with van der Waals surface area (Å²) in [4.78, 5) is 12.3. The minimum Gasteiger partial charge on any atom is -0.334 e. The van der Waals surface area contributed by atoms with E-state index in [2.05, 4.69) is 37.2 Å². The fraction of sp³-hybridized carbons (Fsp3) is 0.333. The Balaban J connectivity index is 2.84. The maximum atomic E-state index is 11.7. The molecule has 0 saturated heterocycles. The lowest BCUT2D eigenvalue weighted by Crippen LogP contribution is -2.41. The maximum absolute atomic E-state index is 11.7. The van der Waals surface area contributed by atoms with Crippen LogP contribution in [-0.4, -0.2) is 11.4 Å². The molecule has 0 bridgehead atoms. The number of nitrogens with zero attached hydrogens (tertiary/aromatic N) is 1. The van der Waals surface area contributed by atoms with Crippen molar-refractivity contribution in [2.24, 2.45) is 0 Å². The van der Waals surface area contributed by atoms with Crippen LogP contribution in [0.3, 0.4) is 0 Å². The third kappa shape index (κ3) is 3.30. The van der Waals surface area contributed by atoms with Gasteiger partial charge in [0, 0.05) is 4.47 Å². The molecule has 0 spiro atoms. The Hall–Kier alpha value is -0.380. The van der Waals surface area contributed by atoms with Crippen LogP contribution < -0.4 is 5.32 Å². The fourth-order valence-electron chi connectivity index (χ4n) is 0.832. The van der Waals surface area contributed by atoms with E-state index in [1.54, 1.807) is 19.9 Å². The Labute approximate surface area is 109 Å². The van der Waals surface area contributed by atoms with Crippen LogP contribution in [0.2, 0.25) is 0 Å². The first-order valence-electron chi connectivity index (χ1n) is 4.04. The quantitative estimate of drug-likeness (QED) is 0.888. The third-order valence-electron chi connectivity index (χ3n) is 1.57. The van der Waals surface area contributed by atoms with E-state index in [0.29, 0.717) is 4.88 Å². The summed E-state index contributed by atoms with van der Waals surface area (Å²) in [6.45, 7) is 3.31. The lowest BCUT2D eigenvalue weighted by Gasteiger charge is -2.16. The van der Waals surface area contributed by atoms with Crippen molar-refractivity contribution in [2.45, 2.75) is 19.4 Å². The van der Waals surface area contributed by atoms with Crippen LogP contribution in [0.5, 0.6) is 0 Å². The van der Waals surface area contributed by atoms with Crippen LogP contribution in [0.15, 0.2) is 14.3 Å². The van der Waals surface area contributed by atoms with Gasteiger partial charge in [-0.05, 0) is 51.8 Å². The van der Waals surface area contributed by atoms with Gasteiger partial charge in [0.1, 0.15) is 5.54 Å². The fourth-order valence-corrected chi connectivity index (χ4v) is 2.76. The van der Waals surface area contributed by atoms with Crippen molar-refractivity contribution in [1.29, 1.82) is 5.26 Å². The van der Waals surface area contributed by atoms with E-state index >= 15 is 0 Å². The highest BCUT2D eigenvalue weighted by Gasteiger charge is 2.21. The lowest BCUT2D eigenvalue weighted by atomic mass is 10.1. The molecule has 3 nitrogen and oxygen atoms in total. The molecule has 0 atom stereocenters. The summed E-state index contributed by atoms with van der Waals surface area (Å²) in [6.07, 6.45) is 0. The molecule has 6 heteroatoms. The highest BCUT2D eigenvalue weighted by atomic mass is 79.9.